The Balaban J connectivity index is 1.99. The van der Waals surface area contributed by atoms with Gasteiger partial charge in [0.1, 0.15) is 6.04 Å². The van der Waals surface area contributed by atoms with Gasteiger partial charge in [0.2, 0.25) is 0 Å². The predicted octanol–water partition coefficient (Wildman–Crippen LogP) is 2.82. The van der Waals surface area contributed by atoms with Gasteiger partial charge in [0.25, 0.3) is 0 Å². The van der Waals surface area contributed by atoms with Crippen molar-refractivity contribution in [2.75, 3.05) is 13.2 Å². The number of ether oxygens (including phenoxy) is 1. The standard InChI is InChI=1S/C14H18INO2/c1-2-18-14(17)13-4-3-9-16(13)10-11-5-7-12(15)8-6-11/h5-8,13H,2-4,9-10H2,1H3. The van der Waals surface area contributed by atoms with Gasteiger partial charge in [-0.3, -0.25) is 9.69 Å². The van der Waals surface area contributed by atoms with Crippen molar-refractivity contribution in [1.29, 1.82) is 0 Å². The highest BCUT2D eigenvalue weighted by molar-refractivity contribution is 14.1. The molecule has 1 fully saturated rings. The number of carbonyl (C=O) groups excluding carboxylic acids is 1. The van der Waals surface area contributed by atoms with Gasteiger partial charge in [0.15, 0.2) is 0 Å². The number of esters is 1. The van der Waals surface area contributed by atoms with E-state index < -0.39 is 0 Å². The number of halogens is 1. The van der Waals surface area contributed by atoms with E-state index in [1.165, 1.54) is 9.13 Å². The molecule has 1 heterocycles. The van der Waals surface area contributed by atoms with Gasteiger partial charge in [-0.05, 0) is 66.6 Å². The summed E-state index contributed by atoms with van der Waals surface area (Å²) in [5, 5.41) is 0. The summed E-state index contributed by atoms with van der Waals surface area (Å²) in [6.45, 7) is 4.14. The molecule has 2 rings (SSSR count). The van der Waals surface area contributed by atoms with Crippen LogP contribution in [0.1, 0.15) is 25.3 Å². The fourth-order valence-corrected chi connectivity index (χ4v) is 2.70. The van der Waals surface area contributed by atoms with Gasteiger partial charge in [-0.1, -0.05) is 12.1 Å². The molecule has 3 nitrogen and oxygen atoms in total. The molecule has 0 bridgehead atoms. The molecule has 0 aliphatic carbocycles. The Morgan fingerprint density at radius 3 is 2.83 bits per heavy atom. The fourth-order valence-electron chi connectivity index (χ4n) is 2.35. The minimum atomic E-state index is -0.0690. The third kappa shape index (κ3) is 3.45. The lowest BCUT2D eigenvalue weighted by Gasteiger charge is -2.22. The van der Waals surface area contributed by atoms with E-state index in [9.17, 15) is 4.79 Å². The maximum Gasteiger partial charge on any atom is 0.323 e. The monoisotopic (exact) mass is 359 g/mol. The summed E-state index contributed by atoms with van der Waals surface area (Å²) >= 11 is 2.30. The minimum Gasteiger partial charge on any atom is -0.465 e. The number of nitrogens with zero attached hydrogens (tertiary/aromatic N) is 1. The van der Waals surface area contributed by atoms with Crippen molar-refractivity contribution in [2.24, 2.45) is 0 Å². The second-order valence-electron chi connectivity index (χ2n) is 4.51. The van der Waals surface area contributed by atoms with Crippen LogP contribution in [0.3, 0.4) is 0 Å². The predicted molar refractivity (Wildman–Crippen MR) is 79.2 cm³/mol. The highest BCUT2D eigenvalue weighted by Crippen LogP contribution is 2.21. The molecule has 1 aliphatic heterocycles. The average molecular weight is 359 g/mol. The van der Waals surface area contributed by atoms with Crippen molar-refractivity contribution in [1.82, 2.24) is 4.90 Å². The van der Waals surface area contributed by atoms with Gasteiger partial charge in [0, 0.05) is 10.1 Å². The lowest BCUT2D eigenvalue weighted by atomic mass is 10.2. The molecule has 0 spiro atoms. The lowest BCUT2D eigenvalue weighted by Crippen LogP contribution is -2.36. The Morgan fingerprint density at radius 1 is 1.44 bits per heavy atom. The fraction of sp³-hybridized carbons (Fsp3) is 0.500. The Labute approximate surface area is 122 Å². The lowest BCUT2D eigenvalue weighted by molar-refractivity contribution is -0.148. The molecule has 1 unspecified atom stereocenters. The highest BCUT2D eigenvalue weighted by atomic mass is 127. The second-order valence-corrected chi connectivity index (χ2v) is 5.75. The molecule has 1 aromatic carbocycles. The number of likely N-dealkylation sites (tertiary alicyclic amines) is 1. The quantitative estimate of drug-likeness (QED) is 0.612. The maximum atomic E-state index is 11.8. The van der Waals surface area contributed by atoms with Crippen molar-refractivity contribution in [3.05, 3.63) is 33.4 Å². The maximum absolute atomic E-state index is 11.8. The first-order valence-corrected chi connectivity index (χ1v) is 7.43. The van der Waals surface area contributed by atoms with Crippen molar-refractivity contribution in [2.45, 2.75) is 32.4 Å². The van der Waals surface area contributed by atoms with Crippen LogP contribution < -0.4 is 0 Å². The van der Waals surface area contributed by atoms with Crippen molar-refractivity contribution >= 4 is 28.6 Å². The van der Waals surface area contributed by atoms with Crippen LogP contribution in [0.25, 0.3) is 0 Å². The van der Waals surface area contributed by atoms with Crippen molar-refractivity contribution < 1.29 is 9.53 Å². The Kier molecular flexibility index (Phi) is 5.00. The van der Waals surface area contributed by atoms with E-state index >= 15 is 0 Å². The molecule has 0 amide bonds. The third-order valence-electron chi connectivity index (χ3n) is 3.22. The minimum absolute atomic E-state index is 0.0516. The van der Waals surface area contributed by atoms with Crippen LogP contribution >= 0.6 is 22.6 Å². The van der Waals surface area contributed by atoms with E-state index in [-0.39, 0.29) is 12.0 Å². The number of benzene rings is 1. The van der Waals surface area contributed by atoms with E-state index in [4.69, 9.17) is 4.74 Å². The Hall–Kier alpha value is -0.620. The van der Waals surface area contributed by atoms with Crippen LogP contribution in [-0.2, 0) is 16.1 Å². The summed E-state index contributed by atoms with van der Waals surface area (Å²) < 4.78 is 6.37. The molecule has 0 aromatic heterocycles. The number of hydrogen-bond donors (Lipinski definition) is 0. The number of hydrogen-bond acceptors (Lipinski definition) is 3. The molecule has 0 N–H and O–H groups in total. The summed E-state index contributed by atoms with van der Waals surface area (Å²) in [7, 11) is 0. The van der Waals surface area contributed by atoms with Crippen LogP contribution in [0.15, 0.2) is 24.3 Å². The molecule has 0 radical (unpaired) electrons. The topological polar surface area (TPSA) is 29.5 Å². The normalized spacial score (nSPS) is 20.0. The first-order chi connectivity index (χ1) is 8.70. The zero-order valence-electron chi connectivity index (χ0n) is 10.6. The van der Waals surface area contributed by atoms with Crippen LogP contribution in [0.4, 0.5) is 0 Å². The zero-order valence-corrected chi connectivity index (χ0v) is 12.7. The van der Waals surface area contributed by atoms with Crippen LogP contribution in [0, 0.1) is 3.57 Å². The summed E-state index contributed by atoms with van der Waals surface area (Å²) in [6, 6.07) is 8.41. The molecule has 4 heteroatoms. The highest BCUT2D eigenvalue weighted by Gasteiger charge is 2.31. The van der Waals surface area contributed by atoms with Gasteiger partial charge in [-0.2, -0.15) is 0 Å². The first-order valence-electron chi connectivity index (χ1n) is 6.36. The molecule has 18 heavy (non-hydrogen) atoms. The smallest absolute Gasteiger partial charge is 0.323 e. The Bertz CT molecular complexity index is 405. The van der Waals surface area contributed by atoms with Crippen LogP contribution in [0.5, 0.6) is 0 Å². The summed E-state index contributed by atoms with van der Waals surface area (Å²) in [5.41, 5.74) is 1.26. The molecule has 1 atom stereocenters. The largest absolute Gasteiger partial charge is 0.465 e. The van der Waals surface area contributed by atoms with Gasteiger partial charge in [0.05, 0.1) is 6.61 Å². The summed E-state index contributed by atoms with van der Waals surface area (Å²) in [5.74, 6) is -0.0690. The molecular formula is C14H18INO2. The van der Waals surface area contributed by atoms with Crippen molar-refractivity contribution in [3.8, 4) is 0 Å². The molecule has 1 aromatic rings. The number of rotatable bonds is 4. The van der Waals surface area contributed by atoms with E-state index in [0.717, 1.165) is 25.9 Å². The molecule has 1 saturated heterocycles. The van der Waals surface area contributed by atoms with Gasteiger partial charge in [-0.15, -0.1) is 0 Å². The van der Waals surface area contributed by atoms with E-state index in [2.05, 4.69) is 51.8 Å². The molecular weight excluding hydrogens is 341 g/mol. The SMILES string of the molecule is CCOC(=O)C1CCCN1Cc1ccc(I)cc1. The summed E-state index contributed by atoms with van der Waals surface area (Å²) in [6.07, 6.45) is 2.00. The molecule has 0 saturated carbocycles. The van der Waals surface area contributed by atoms with Crippen molar-refractivity contribution in [3.63, 3.8) is 0 Å². The van der Waals surface area contributed by atoms with E-state index in [1.807, 2.05) is 6.92 Å². The van der Waals surface area contributed by atoms with E-state index in [1.54, 1.807) is 0 Å². The van der Waals surface area contributed by atoms with Gasteiger partial charge >= 0.3 is 5.97 Å². The van der Waals surface area contributed by atoms with Gasteiger partial charge < -0.3 is 4.74 Å². The second kappa shape index (κ2) is 6.52. The Morgan fingerprint density at radius 2 is 2.17 bits per heavy atom. The van der Waals surface area contributed by atoms with Crippen LogP contribution in [-0.4, -0.2) is 30.1 Å². The molecule has 98 valence electrons. The van der Waals surface area contributed by atoms with Crippen LogP contribution in [0.2, 0.25) is 0 Å². The van der Waals surface area contributed by atoms with Gasteiger partial charge in [-0.25, -0.2) is 0 Å². The number of carbonyl (C=O) groups is 1. The zero-order chi connectivity index (χ0) is 13.0. The molecule has 1 aliphatic rings. The first kappa shape index (κ1) is 13.8. The third-order valence-corrected chi connectivity index (χ3v) is 3.94. The average Bonchev–Trinajstić information content (AvgIpc) is 2.81. The van der Waals surface area contributed by atoms with E-state index in [0.29, 0.717) is 6.61 Å². The summed E-state index contributed by atoms with van der Waals surface area (Å²) in [4.78, 5) is 14.1.